The summed E-state index contributed by atoms with van der Waals surface area (Å²) < 4.78 is 27.7. The van der Waals surface area contributed by atoms with Crippen molar-refractivity contribution in [1.29, 1.82) is 0 Å². The normalized spacial score (nSPS) is 26.1. The first-order valence-electron chi connectivity index (χ1n) is 6.27. The Kier molecular flexibility index (Phi) is 6.51. The lowest BCUT2D eigenvalue weighted by Crippen LogP contribution is -2.50. The topological polar surface area (TPSA) is 78.9 Å². The molecule has 0 spiro atoms. The van der Waals surface area contributed by atoms with Crippen molar-refractivity contribution in [2.75, 3.05) is 51.4 Å². The van der Waals surface area contributed by atoms with Crippen molar-refractivity contribution in [1.82, 2.24) is 10.2 Å². The molecular weight excluding hydrogens is 256 g/mol. The Bertz CT molecular complexity index is 334. The van der Waals surface area contributed by atoms with Gasteiger partial charge in [0, 0.05) is 39.3 Å². The van der Waals surface area contributed by atoms with Gasteiger partial charge in [-0.2, -0.15) is 0 Å². The van der Waals surface area contributed by atoms with Crippen LogP contribution in [-0.2, 0) is 14.6 Å². The number of aliphatic hydroxyl groups excluding tert-OH is 1. The van der Waals surface area contributed by atoms with Gasteiger partial charge < -0.3 is 15.2 Å². The molecule has 1 rings (SSSR count). The number of ether oxygens (including phenoxy) is 1. The average molecular weight is 280 g/mol. The number of hydrogen-bond acceptors (Lipinski definition) is 6. The maximum Gasteiger partial charge on any atom is 0.153 e. The van der Waals surface area contributed by atoms with Crippen molar-refractivity contribution in [2.24, 2.45) is 0 Å². The van der Waals surface area contributed by atoms with E-state index in [9.17, 15) is 13.5 Å². The van der Waals surface area contributed by atoms with Crippen LogP contribution in [-0.4, -0.2) is 82.0 Å². The number of nitrogens with zero attached hydrogens (tertiary/aromatic N) is 1. The van der Waals surface area contributed by atoms with E-state index in [1.807, 2.05) is 11.8 Å². The monoisotopic (exact) mass is 280 g/mol. The van der Waals surface area contributed by atoms with Crippen LogP contribution < -0.4 is 5.32 Å². The number of hydrogen-bond donors (Lipinski definition) is 2. The largest absolute Gasteiger partial charge is 0.390 e. The number of β-amino-alcohol motifs (C(OH)–C–C–N with tert-alkyl or cyclic N) is 1. The van der Waals surface area contributed by atoms with Crippen LogP contribution in [0.2, 0.25) is 0 Å². The minimum atomic E-state index is -2.88. The molecule has 0 aromatic rings. The molecule has 108 valence electrons. The molecule has 6 nitrogen and oxygen atoms in total. The Hall–Kier alpha value is -0.210. The fourth-order valence-electron chi connectivity index (χ4n) is 2.08. The van der Waals surface area contributed by atoms with E-state index in [2.05, 4.69) is 5.32 Å². The molecule has 0 aliphatic carbocycles. The lowest BCUT2D eigenvalue weighted by atomic mass is 10.2. The number of rotatable bonds is 7. The first kappa shape index (κ1) is 15.8. The third-order valence-corrected chi connectivity index (χ3v) is 4.91. The van der Waals surface area contributed by atoms with E-state index in [4.69, 9.17) is 4.74 Å². The first-order valence-corrected chi connectivity index (χ1v) is 8.09. The van der Waals surface area contributed by atoms with Crippen LogP contribution in [0.5, 0.6) is 0 Å². The van der Waals surface area contributed by atoms with E-state index in [1.165, 1.54) is 0 Å². The molecule has 0 aromatic carbocycles. The van der Waals surface area contributed by atoms with Crippen LogP contribution >= 0.6 is 0 Å². The molecule has 1 aliphatic rings. The van der Waals surface area contributed by atoms with Crippen molar-refractivity contribution in [3.8, 4) is 0 Å². The standard InChI is InChI=1S/C11H24N2O4S/c1-10-9-18(15,16)6-4-13(10)8-11(14)7-12-3-5-17-2/h10-12,14H,3-9H2,1-2H3. The Morgan fingerprint density at radius 1 is 1.56 bits per heavy atom. The summed E-state index contributed by atoms with van der Waals surface area (Å²) in [6.45, 7) is 4.74. The molecule has 0 bridgehead atoms. The zero-order chi connectivity index (χ0) is 13.6. The van der Waals surface area contributed by atoms with Gasteiger partial charge in [-0.3, -0.25) is 4.90 Å². The Morgan fingerprint density at radius 3 is 2.89 bits per heavy atom. The van der Waals surface area contributed by atoms with Crippen molar-refractivity contribution < 1.29 is 18.3 Å². The number of aliphatic hydroxyl groups is 1. The maximum absolute atomic E-state index is 11.4. The fraction of sp³-hybridized carbons (Fsp3) is 1.00. The molecular formula is C11H24N2O4S. The number of nitrogens with one attached hydrogen (secondary N) is 1. The van der Waals surface area contributed by atoms with E-state index in [1.54, 1.807) is 7.11 Å². The molecule has 1 heterocycles. The van der Waals surface area contributed by atoms with Crippen LogP contribution in [0.25, 0.3) is 0 Å². The summed E-state index contributed by atoms with van der Waals surface area (Å²) in [6, 6.07) is -0.0163. The third-order valence-electron chi connectivity index (χ3n) is 3.12. The van der Waals surface area contributed by atoms with E-state index in [0.29, 0.717) is 32.8 Å². The summed E-state index contributed by atoms with van der Waals surface area (Å²) in [4.78, 5) is 2.03. The van der Waals surface area contributed by atoms with Gasteiger partial charge in [0.25, 0.3) is 0 Å². The molecule has 0 amide bonds. The first-order chi connectivity index (χ1) is 8.44. The predicted octanol–water partition coefficient (Wildman–Crippen LogP) is -1.30. The summed E-state index contributed by atoms with van der Waals surface area (Å²) in [5.74, 6) is 0.387. The molecule has 7 heteroatoms. The fourth-order valence-corrected chi connectivity index (χ4v) is 3.71. The van der Waals surface area contributed by atoms with Crippen LogP contribution in [0.3, 0.4) is 0 Å². The van der Waals surface area contributed by atoms with Gasteiger partial charge in [0.05, 0.1) is 24.2 Å². The van der Waals surface area contributed by atoms with Crippen molar-refractivity contribution in [3.05, 3.63) is 0 Å². The highest BCUT2D eigenvalue weighted by Gasteiger charge is 2.28. The van der Waals surface area contributed by atoms with Crippen molar-refractivity contribution in [3.63, 3.8) is 0 Å². The molecule has 2 atom stereocenters. The highest BCUT2D eigenvalue weighted by molar-refractivity contribution is 7.91. The zero-order valence-corrected chi connectivity index (χ0v) is 11.9. The van der Waals surface area contributed by atoms with Gasteiger partial charge >= 0.3 is 0 Å². The summed E-state index contributed by atoms with van der Waals surface area (Å²) in [5.41, 5.74) is 0. The van der Waals surface area contributed by atoms with Crippen LogP contribution in [0, 0.1) is 0 Å². The Morgan fingerprint density at radius 2 is 2.28 bits per heavy atom. The molecule has 1 aliphatic heterocycles. The minimum Gasteiger partial charge on any atom is -0.390 e. The van der Waals surface area contributed by atoms with Gasteiger partial charge in [0.1, 0.15) is 0 Å². The quantitative estimate of drug-likeness (QED) is 0.565. The molecule has 1 fully saturated rings. The third kappa shape index (κ3) is 5.62. The molecule has 0 aromatic heterocycles. The Balaban J connectivity index is 2.25. The van der Waals surface area contributed by atoms with Gasteiger partial charge in [0.2, 0.25) is 0 Å². The molecule has 0 radical (unpaired) electrons. The van der Waals surface area contributed by atoms with E-state index in [0.717, 1.165) is 0 Å². The smallest absolute Gasteiger partial charge is 0.153 e. The van der Waals surface area contributed by atoms with Gasteiger partial charge in [-0.15, -0.1) is 0 Å². The van der Waals surface area contributed by atoms with Crippen LogP contribution in [0.15, 0.2) is 0 Å². The van der Waals surface area contributed by atoms with E-state index in [-0.39, 0.29) is 17.5 Å². The molecule has 18 heavy (non-hydrogen) atoms. The summed E-state index contributed by atoms with van der Waals surface area (Å²) in [5, 5.41) is 12.9. The highest BCUT2D eigenvalue weighted by Crippen LogP contribution is 2.11. The van der Waals surface area contributed by atoms with Gasteiger partial charge in [0.15, 0.2) is 9.84 Å². The summed E-state index contributed by atoms with van der Waals surface area (Å²) in [7, 11) is -1.25. The maximum atomic E-state index is 11.4. The second kappa shape index (κ2) is 7.40. The molecule has 2 N–H and O–H groups in total. The molecule has 2 unspecified atom stereocenters. The van der Waals surface area contributed by atoms with Crippen molar-refractivity contribution in [2.45, 2.75) is 19.1 Å². The average Bonchev–Trinajstić information content (AvgIpc) is 2.28. The molecule has 1 saturated heterocycles. The lowest BCUT2D eigenvalue weighted by Gasteiger charge is -2.34. The van der Waals surface area contributed by atoms with Crippen LogP contribution in [0.4, 0.5) is 0 Å². The van der Waals surface area contributed by atoms with Gasteiger partial charge in [-0.05, 0) is 6.92 Å². The number of sulfone groups is 1. The highest BCUT2D eigenvalue weighted by atomic mass is 32.2. The van der Waals surface area contributed by atoms with Gasteiger partial charge in [-0.25, -0.2) is 8.42 Å². The predicted molar refractivity (Wildman–Crippen MR) is 70.4 cm³/mol. The summed E-state index contributed by atoms with van der Waals surface area (Å²) >= 11 is 0. The minimum absolute atomic E-state index is 0.0163. The number of methoxy groups -OCH3 is 1. The zero-order valence-electron chi connectivity index (χ0n) is 11.1. The molecule has 0 saturated carbocycles. The van der Waals surface area contributed by atoms with Gasteiger partial charge in [-0.1, -0.05) is 0 Å². The lowest BCUT2D eigenvalue weighted by molar-refractivity contribution is 0.0942. The second-order valence-electron chi connectivity index (χ2n) is 4.81. The van der Waals surface area contributed by atoms with Crippen LogP contribution in [0.1, 0.15) is 6.92 Å². The van der Waals surface area contributed by atoms with E-state index < -0.39 is 15.9 Å². The summed E-state index contributed by atoms with van der Waals surface area (Å²) in [6.07, 6.45) is -0.481. The van der Waals surface area contributed by atoms with E-state index >= 15 is 0 Å². The SMILES string of the molecule is COCCNCC(O)CN1CCS(=O)(=O)CC1C. The Labute approximate surface area is 109 Å². The van der Waals surface area contributed by atoms with Crippen molar-refractivity contribution >= 4 is 9.84 Å². The second-order valence-corrected chi connectivity index (χ2v) is 7.04.